The quantitative estimate of drug-likeness (QED) is 0.745. The fraction of sp³-hybridized carbons (Fsp3) is 0.562. The maximum absolute atomic E-state index is 12.0. The zero-order valence-corrected chi connectivity index (χ0v) is 12.5. The van der Waals surface area contributed by atoms with E-state index in [4.69, 9.17) is 14.2 Å². The van der Waals surface area contributed by atoms with Crippen molar-refractivity contribution in [1.82, 2.24) is 5.32 Å². The van der Waals surface area contributed by atoms with E-state index in [2.05, 4.69) is 5.32 Å². The molecule has 0 saturated carbocycles. The van der Waals surface area contributed by atoms with Crippen LogP contribution in [0.25, 0.3) is 0 Å². The normalized spacial score (nSPS) is 17.7. The van der Waals surface area contributed by atoms with Crippen molar-refractivity contribution in [2.24, 2.45) is 0 Å². The lowest BCUT2D eigenvalue weighted by atomic mass is 10.2. The van der Waals surface area contributed by atoms with Crippen molar-refractivity contribution in [3.8, 4) is 5.75 Å². The molecule has 1 aromatic carbocycles. The Morgan fingerprint density at radius 3 is 3.14 bits per heavy atom. The Morgan fingerprint density at radius 1 is 1.48 bits per heavy atom. The molecule has 116 valence electrons. The van der Waals surface area contributed by atoms with Crippen molar-refractivity contribution in [3.63, 3.8) is 0 Å². The van der Waals surface area contributed by atoms with Gasteiger partial charge in [-0.05, 0) is 37.5 Å². The van der Waals surface area contributed by atoms with Crippen molar-refractivity contribution in [2.75, 3.05) is 33.5 Å². The number of nitrogens with one attached hydrogen (secondary N) is 1. The fourth-order valence-electron chi connectivity index (χ4n) is 2.21. The second kappa shape index (κ2) is 8.64. The van der Waals surface area contributed by atoms with E-state index >= 15 is 0 Å². The van der Waals surface area contributed by atoms with Gasteiger partial charge in [0.1, 0.15) is 12.4 Å². The molecule has 1 unspecified atom stereocenters. The number of hydrogen-bond acceptors (Lipinski definition) is 4. The molecule has 1 N–H and O–H groups in total. The Hall–Kier alpha value is -1.59. The third-order valence-corrected chi connectivity index (χ3v) is 3.37. The van der Waals surface area contributed by atoms with Crippen molar-refractivity contribution in [1.29, 1.82) is 0 Å². The Bertz CT molecular complexity index is 444. The molecule has 1 aromatic rings. The Labute approximate surface area is 125 Å². The smallest absolute Gasteiger partial charge is 0.251 e. The van der Waals surface area contributed by atoms with Gasteiger partial charge in [0.05, 0.1) is 6.10 Å². The van der Waals surface area contributed by atoms with Crippen LogP contribution >= 0.6 is 0 Å². The summed E-state index contributed by atoms with van der Waals surface area (Å²) < 4.78 is 16.2. The molecule has 0 bridgehead atoms. The van der Waals surface area contributed by atoms with Crippen molar-refractivity contribution in [3.05, 3.63) is 29.8 Å². The van der Waals surface area contributed by atoms with Crippen LogP contribution in [0.5, 0.6) is 5.75 Å². The Balaban J connectivity index is 1.80. The lowest BCUT2D eigenvalue weighted by Crippen LogP contribution is -2.25. The molecule has 1 aliphatic rings. The lowest BCUT2D eigenvalue weighted by molar-refractivity contribution is 0.0679. The first-order valence-corrected chi connectivity index (χ1v) is 7.41. The number of rotatable bonds is 8. The molecule has 5 heteroatoms. The molecule has 21 heavy (non-hydrogen) atoms. The number of carbonyl (C=O) groups excluding carboxylic acids is 1. The van der Waals surface area contributed by atoms with Crippen LogP contribution in [0.4, 0.5) is 0 Å². The van der Waals surface area contributed by atoms with Gasteiger partial charge in [0, 0.05) is 32.4 Å². The SMILES string of the molecule is COCCCNC(=O)c1cccc(OCC2CCCO2)c1. The van der Waals surface area contributed by atoms with Gasteiger partial charge in [-0.3, -0.25) is 4.79 Å². The topological polar surface area (TPSA) is 56.8 Å². The van der Waals surface area contributed by atoms with E-state index in [0.29, 0.717) is 31.1 Å². The zero-order chi connectivity index (χ0) is 14.9. The maximum Gasteiger partial charge on any atom is 0.251 e. The predicted molar refractivity (Wildman–Crippen MR) is 79.7 cm³/mol. The van der Waals surface area contributed by atoms with Crippen LogP contribution in [0.3, 0.4) is 0 Å². The number of hydrogen-bond donors (Lipinski definition) is 1. The summed E-state index contributed by atoms with van der Waals surface area (Å²) in [5.74, 6) is 0.615. The summed E-state index contributed by atoms with van der Waals surface area (Å²) in [6.07, 6.45) is 3.12. The predicted octanol–water partition coefficient (Wildman–Crippen LogP) is 2.01. The van der Waals surface area contributed by atoms with E-state index in [0.717, 1.165) is 25.9 Å². The van der Waals surface area contributed by atoms with Gasteiger partial charge in [0.25, 0.3) is 5.91 Å². The summed E-state index contributed by atoms with van der Waals surface area (Å²) in [5.41, 5.74) is 0.609. The van der Waals surface area contributed by atoms with E-state index in [1.165, 1.54) is 0 Å². The second-order valence-electron chi connectivity index (χ2n) is 5.08. The number of benzene rings is 1. The van der Waals surface area contributed by atoms with Gasteiger partial charge < -0.3 is 19.5 Å². The molecule has 1 amide bonds. The van der Waals surface area contributed by atoms with Crippen molar-refractivity contribution in [2.45, 2.75) is 25.4 Å². The molecular formula is C16H23NO4. The molecule has 2 rings (SSSR count). The zero-order valence-electron chi connectivity index (χ0n) is 12.5. The number of carbonyl (C=O) groups is 1. The molecule has 1 aliphatic heterocycles. The van der Waals surface area contributed by atoms with E-state index in [-0.39, 0.29) is 12.0 Å². The van der Waals surface area contributed by atoms with Crippen LogP contribution in [-0.4, -0.2) is 45.5 Å². The minimum absolute atomic E-state index is 0.0892. The molecule has 1 saturated heterocycles. The van der Waals surface area contributed by atoms with Crippen LogP contribution in [0.1, 0.15) is 29.6 Å². The van der Waals surface area contributed by atoms with E-state index in [9.17, 15) is 4.79 Å². The molecule has 0 spiro atoms. The summed E-state index contributed by atoms with van der Waals surface area (Å²) in [7, 11) is 1.65. The standard InChI is InChI=1S/C16H23NO4/c1-19-9-4-8-17-16(18)13-5-2-6-14(11-13)21-12-15-7-3-10-20-15/h2,5-6,11,15H,3-4,7-10,12H2,1H3,(H,17,18). The number of amides is 1. The van der Waals surface area contributed by atoms with Crippen LogP contribution in [0.15, 0.2) is 24.3 Å². The maximum atomic E-state index is 12.0. The molecule has 0 radical (unpaired) electrons. The highest BCUT2D eigenvalue weighted by atomic mass is 16.5. The largest absolute Gasteiger partial charge is 0.491 e. The summed E-state index contributed by atoms with van der Waals surface area (Å²) in [6.45, 7) is 2.61. The van der Waals surface area contributed by atoms with Crippen LogP contribution in [0.2, 0.25) is 0 Å². The molecule has 5 nitrogen and oxygen atoms in total. The Kier molecular flexibility index (Phi) is 6.50. The van der Waals surface area contributed by atoms with Gasteiger partial charge in [-0.2, -0.15) is 0 Å². The van der Waals surface area contributed by atoms with E-state index < -0.39 is 0 Å². The molecule has 0 aliphatic carbocycles. The van der Waals surface area contributed by atoms with Gasteiger partial charge in [0.15, 0.2) is 0 Å². The first kappa shape index (κ1) is 15.8. The first-order valence-electron chi connectivity index (χ1n) is 7.41. The van der Waals surface area contributed by atoms with Crippen LogP contribution < -0.4 is 10.1 Å². The molecule has 1 fully saturated rings. The highest BCUT2D eigenvalue weighted by Gasteiger charge is 2.16. The number of methoxy groups -OCH3 is 1. The minimum atomic E-state index is -0.0892. The second-order valence-corrected chi connectivity index (χ2v) is 5.08. The summed E-state index contributed by atoms with van der Waals surface area (Å²) in [6, 6.07) is 7.23. The third kappa shape index (κ3) is 5.36. The van der Waals surface area contributed by atoms with Crippen LogP contribution in [0, 0.1) is 0 Å². The average molecular weight is 293 g/mol. The molecular weight excluding hydrogens is 270 g/mol. The fourth-order valence-corrected chi connectivity index (χ4v) is 2.21. The molecule has 1 atom stereocenters. The lowest BCUT2D eigenvalue weighted by Gasteiger charge is -2.12. The first-order chi connectivity index (χ1) is 10.3. The van der Waals surface area contributed by atoms with E-state index in [1.807, 2.05) is 12.1 Å². The highest BCUT2D eigenvalue weighted by molar-refractivity contribution is 5.94. The Morgan fingerprint density at radius 2 is 2.38 bits per heavy atom. The monoisotopic (exact) mass is 293 g/mol. The van der Waals surface area contributed by atoms with Gasteiger partial charge in [-0.25, -0.2) is 0 Å². The summed E-state index contributed by atoms with van der Waals surface area (Å²) >= 11 is 0. The highest BCUT2D eigenvalue weighted by Crippen LogP contribution is 2.17. The van der Waals surface area contributed by atoms with Crippen molar-refractivity contribution >= 4 is 5.91 Å². The van der Waals surface area contributed by atoms with Gasteiger partial charge >= 0.3 is 0 Å². The third-order valence-electron chi connectivity index (χ3n) is 3.37. The molecule has 1 heterocycles. The average Bonchev–Trinajstić information content (AvgIpc) is 3.03. The minimum Gasteiger partial charge on any atom is -0.491 e. The van der Waals surface area contributed by atoms with E-state index in [1.54, 1.807) is 19.2 Å². The van der Waals surface area contributed by atoms with Gasteiger partial charge in [-0.1, -0.05) is 6.07 Å². The summed E-state index contributed by atoms with van der Waals surface area (Å²) in [4.78, 5) is 12.0. The summed E-state index contributed by atoms with van der Waals surface area (Å²) in [5, 5.41) is 2.86. The number of ether oxygens (including phenoxy) is 3. The van der Waals surface area contributed by atoms with Crippen molar-refractivity contribution < 1.29 is 19.0 Å². The van der Waals surface area contributed by atoms with Gasteiger partial charge in [0.2, 0.25) is 0 Å². The van der Waals surface area contributed by atoms with Crippen LogP contribution in [-0.2, 0) is 9.47 Å². The van der Waals surface area contributed by atoms with Gasteiger partial charge in [-0.15, -0.1) is 0 Å². The molecule has 0 aromatic heterocycles.